The number of ether oxygens (including phenoxy) is 1. The molecule has 1 atom stereocenters. The number of rotatable bonds is 3. The van der Waals surface area contributed by atoms with E-state index in [0.29, 0.717) is 26.4 Å². The Bertz CT molecular complexity index is 581. The van der Waals surface area contributed by atoms with Crippen LogP contribution in [0.4, 0.5) is 0 Å². The summed E-state index contributed by atoms with van der Waals surface area (Å²) >= 11 is 16.7. The Morgan fingerprint density at radius 2 is 2.12 bits per heavy atom. The average Bonchev–Trinajstić information content (AvgIpc) is 2.69. The predicted molar refractivity (Wildman–Crippen MR) is 69.3 cm³/mol. The van der Waals surface area contributed by atoms with E-state index in [1.165, 1.54) is 0 Å². The van der Waals surface area contributed by atoms with Crippen molar-refractivity contribution in [3.8, 4) is 5.75 Å². The SMILES string of the molecule is CC(Oc1ccc(Cl)cc1Cl)c1nc(=S)[nH][nH]1. The van der Waals surface area contributed by atoms with E-state index >= 15 is 0 Å². The van der Waals surface area contributed by atoms with Crippen LogP contribution >= 0.6 is 35.4 Å². The molecule has 0 radical (unpaired) electrons. The predicted octanol–water partition coefficient (Wildman–Crippen LogP) is 3.91. The molecular weight excluding hydrogens is 281 g/mol. The van der Waals surface area contributed by atoms with Gasteiger partial charge in [0.2, 0.25) is 4.77 Å². The number of hydrogen-bond donors (Lipinski definition) is 2. The van der Waals surface area contributed by atoms with Gasteiger partial charge in [-0.05, 0) is 37.3 Å². The van der Waals surface area contributed by atoms with Gasteiger partial charge in [0.15, 0.2) is 11.9 Å². The maximum atomic E-state index is 6.00. The van der Waals surface area contributed by atoms with Crippen LogP contribution in [0.25, 0.3) is 0 Å². The zero-order chi connectivity index (χ0) is 12.4. The van der Waals surface area contributed by atoms with Crippen LogP contribution < -0.4 is 4.74 Å². The highest BCUT2D eigenvalue weighted by molar-refractivity contribution is 7.71. The molecule has 0 fully saturated rings. The minimum absolute atomic E-state index is 0.290. The Hall–Kier alpha value is -1.04. The van der Waals surface area contributed by atoms with Gasteiger partial charge in [0, 0.05) is 5.02 Å². The first-order valence-electron chi connectivity index (χ1n) is 4.82. The maximum Gasteiger partial charge on any atom is 0.213 e. The molecule has 0 aliphatic rings. The van der Waals surface area contributed by atoms with Crippen molar-refractivity contribution in [2.45, 2.75) is 13.0 Å². The Kier molecular flexibility index (Phi) is 3.71. The highest BCUT2D eigenvalue weighted by Crippen LogP contribution is 2.30. The van der Waals surface area contributed by atoms with Gasteiger partial charge >= 0.3 is 0 Å². The second kappa shape index (κ2) is 5.08. The van der Waals surface area contributed by atoms with Crippen LogP contribution in [-0.2, 0) is 0 Å². The van der Waals surface area contributed by atoms with Crippen molar-refractivity contribution in [1.29, 1.82) is 0 Å². The van der Waals surface area contributed by atoms with Crippen molar-refractivity contribution >= 4 is 35.4 Å². The molecule has 0 bridgehead atoms. The first kappa shape index (κ1) is 12.4. The third kappa shape index (κ3) is 3.00. The summed E-state index contributed by atoms with van der Waals surface area (Å²) in [6.45, 7) is 1.84. The van der Waals surface area contributed by atoms with E-state index in [1.54, 1.807) is 18.2 Å². The van der Waals surface area contributed by atoms with Gasteiger partial charge in [-0.1, -0.05) is 23.2 Å². The maximum absolute atomic E-state index is 6.00. The van der Waals surface area contributed by atoms with Crippen LogP contribution in [0, 0.1) is 4.77 Å². The lowest BCUT2D eigenvalue weighted by molar-refractivity contribution is 0.217. The molecular formula is C10H9Cl2N3OS. The lowest BCUT2D eigenvalue weighted by Gasteiger charge is -2.13. The van der Waals surface area contributed by atoms with Crippen molar-refractivity contribution in [2.24, 2.45) is 0 Å². The highest BCUT2D eigenvalue weighted by Gasteiger charge is 2.12. The van der Waals surface area contributed by atoms with Crippen LogP contribution in [-0.4, -0.2) is 15.2 Å². The summed E-state index contributed by atoms with van der Waals surface area (Å²) in [6.07, 6.45) is -0.290. The molecule has 0 saturated carbocycles. The molecule has 17 heavy (non-hydrogen) atoms. The van der Waals surface area contributed by atoms with Crippen LogP contribution in [0.1, 0.15) is 18.9 Å². The van der Waals surface area contributed by atoms with Crippen LogP contribution in [0.15, 0.2) is 18.2 Å². The lowest BCUT2D eigenvalue weighted by Crippen LogP contribution is -2.05. The Labute approximate surface area is 113 Å². The largest absolute Gasteiger partial charge is 0.481 e. The van der Waals surface area contributed by atoms with Crippen molar-refractivity contribution in [1.82, 2.24) is 15.2 Å². The van der Waals surface area contributed by atoms with Gasteiger partial charge in [-0.25, -0.2) is 4.98 Å². The smallest absolute Gasteiger partial charge is 0.213 e. The number of nitrogens with zero attached hydrogens (tertiary/aromatic N) is 1. The standard InChI is InChI=1S/C10H9Cl2N3OS/c1-5(9-13-10(17)15-14-9)16-8-3-2-6(11)4-7(8)12/h2-5H,1H3,(H2,13,14,15,17). The van der Waals surface area contributed by atoms with Crippen LogP contribution in [0.3, 0.4) is 0 Å². The van der Waals surface area contributed by atoms with Crippen molar-refractivity contribution in [2.75, 3.05) is 0 Å². The number of aromatic nitrogens is 3. The fraction of sp³-hybridized carbons (Fsp3) is 0.200. The zero-order valence-electron chi connectivity index (χ0n) is 8.83. The molecule has 90 valence electrons. The number of aromatic amines is 2. The van der Waals surface area contributed by atoms with Crippen molar-refractivity contribution in [3.63, 3.8) is 0 Å². The second-order valence-electron chi connectivity index (χ2n) is 3.39. The van der Waals surface area contributed by atoms with Crippen LogP contribution in [0.2, 0.25) is 10.0 Å². The first-order chi connectivity index (χ1) is 8.06. The summed E-state index contributed by atoms with van der Waals surface area (Å²) in [5.41, 5.74) is 0. The molecule has 4 nitrogen and oxygen atoms in total. The summed E-state index contributed by atoms with van der Waals surface area (Å²) in [4.78, 5) is 4.06. The summed E-state index contributed by atoms with van der Waals surface area (Å²) in [7, 11) is 0. The molecule has 2 aromatic rings. The van der Waals surface area contributed by atoms with Crippen LogP contribution in [0.5, 0.6) is 5.75 Å². The van der Waals surface area contributed by atoms with Crippen molar-refractivity contribution in [3.05, 3.63) is 38.8 Å². The molecule has 1 unspecified atom stereocenters. The summed E-state index contributed by atoms with van der Waals surface area (Å²) in [5, 5.41) is 6.55. The van der Waals surface area contributed by atoms with Crippen molar-refractivity contribution < 1.29 is 4.74 Å². The molecule has 7 heteroatoms. The molecule has 1 aromatic heterocycles. The molecule has 2 rings (SSSR count). The fourth-order valence-corrected chi connectivity index (χ4v) is 1.89. The van der Waals surface area contributed by atoms with E-state index < -0.39 is 0 Å². The molecule has 0 saturated heterocycles. The molecule has 0 aliphatic heterocycles. The van der Waals surface area contributed by atoms with E-state index in [2.05, 4.69) is 15.2 Å². The van der Waals surface area contributed by atoms with E-state index in [-0.39, 0.29) is 6.10 Å². The highest BCUT2D eigenvalue weighted by atomic mass is 35.5. The molecule has 1 aromatic carbocycles. The third-order valence-corrected chi connectivity index (χ3v) is 2.83. The summed E-state index contributed by atoms with van der Waals surface area (Å²) < 4.78 is 6.04. The van der Waals surface area contributed by atoms with Gasteiger partial charge in [-0.15, -0.1) is 0 Å². The van der Waals surface area contributed by atoms with Gasteiger partial charge < -0.3 is 4.74 Å². The Balaban J connectivity index is 2.18. The van der Waals surface area contributed by atoms with E-state index in [4.69, 9.17) is 40.2 Å². The van der Waals surface area contributed by atoms with E-state index in [9.17, 15) is 0 Å². The Morgan fingerprint density at radius 3 is 2.71 bits per heavy atom. The molecule has 0 spiro atoms. The molecule has 0 amide bonds. The quantitative estimate of drug-likeness (QED) is 0.842. The average molecular weight is 290 g/mol. The summed E-state index contributed by atoms with van der Waals surface area (Å²) in [6, 6.07) is 5.04. The number of benzene rings is 1. The number of nitrogens with one attached hydrogen (secondary N) is 2. The number of H-pyrrole nitrogens is 2. The second-order valence-corrected chi connectivity index (χ2v) is 4.62. The summed E-state index contributed by atoms with van der Waals surface area (Å²) in [5.74, 6) is 1.16. The third-order valence-electron chi connectivity index (χ3n) is 2.10. The van der Waals surface area contributed by atoms with Gasteiger partial charge in [0.1, 0.15) is 5.75 Å². The van der Waals surface area contributed by atoms with E-state index in [0.717, 1.165) is 0 Å². The number of halogens is 2. The van der Waals surface area contributed by atoms with Gasteiger partial charge in [0.25, 0.3) is 0 Å². The minimum atomic E-state index is -0.290. The number of hydrogen-bond acceptors (Lipinski definition) is 3. The Morgan fingerprint density at radius 1 is 1.35 bits per heavy atom. The fourth-order valence-electron chi connectivity index (χ4n) is 1.29. The van der Waals surface area contributed by atoms with Gasteiger partial charge in [0.05, 0.1) is 5.02 Å². The molecule has 0 aliphatic carbocycles. The molecule has 2 N–H and O–H groups in total. The topological polar surface area (TPSA) is 53.7 Å². The van der Waals surface area contributed by atoms with Gasteiger partial charge in [-0.2, -0.15) is 0 Å². The lowest BCUT2D eigenvalue weighted by atomic mass is 10.3. The minimum Gasteiger partial charge on any atom is -0.481 e. The molecule has 1 heterocycles. The van der Waals surface area contributed by atoms with Gasteiger partial charge in [-0.3, -0.25) is 10.2 Å². The zero-order valence-corrected chi connectivity index (χ0v) is 11.2. The van der Waals surface area contributed by atoms with E-state index in [1.807, 2.05) is 6.92 Å². The first-order valence-corrected chi connectivity index (χ1v) is 5.99. The normalized spacial score (nSPS) is 12.4. The monoisotopic (exact) mass is 289 g/mol.